The maximum absolute atomic E-state index is 12.9. The summed E-state index contributed by atoms with van der Waals surface area (Å²) in [7, 11) is 2.07. The zero-order valence-electron chi connectivity index (χ0n) is 8.63. The van der Waals surface area contributed by atoms with Crippen LogP contribution in [0, 0.1) is 5.82 Å². The van der Waals surface area contributed by atoms with Crippen LogP contribution < -0.4 is 5.32 Å². The van der Waals surface area contributed by atoms with E-state index in [4.69, 9.17) is 11.6 Å². The molecule has 2 nitrogen and oxygen atoms in total. The van der Waals surface area contributed by atoms with Gasteiger partial charge in [-0.05, 0) is 24.7 Å². The van der Waals surface area contributed by atoms with Crippen molar-refractivity contribution in [2.45, 2.75) is 12.6 Å². The summed E-state index contributed by atoms with van der Waals surface area (Å²) in [5.41, 5.74) is 1.05. The Hall–Kier alpha value is -0.640. The van der Waals surface area contributed by atoms with Crippen LogP contribution in [0.2, 0.25) is 5.02 Å². The Morgan fingerprint density at radius 3 is 2.80 bits per heavy atom. The molecule has 1 aliphatic rings. The Balaban J connectivity index is 2.00. The van der Waals surface area contributed by atoms with E-state index in [0.29, 0.717) is 6.04 Å². The van der Waals surface area contributed by atoms with Crippen molar-refractivity contribution in [1.29, 1.82) is 0 Å². The van der Waals surface area contributed by atoms with Crippen LogP contribution in [0.25, 0.3) is 0 Å². The maximum atomic E-state index is 12.9. The van der Waals surface area contributed by atoms with E-state index < -0.39 is 0 Å². The number of rotatable bonds is 3. The van der Waals surface area contributed by atoms with Crippen molar-refractivity contribution in [3.8, 4) is 0 Å². The quantitative estimate of drug-likeness (QED) is 0.850. The normalized spacial score (nSPS) is 16.8. The van der Waals surface area contributed by atoms with E-state index in [-0.39, 0.29) is 10.8 Å². The number of likely N-dealkylation sites (N-methyl/N-ethyl adjacent to an activating group) is 1. The number of benzene rings is 1. The molecule has 0 atom stereocenters. The predicted octanol–water partition coefficient (Wildman–Crippen LogP) is 1.88. The van der Waals surface area contributed by atoms with Gasteiger partial charge in [-0.25, -0.2) is 4.39 Å². The third-order valence-electron chi connectivity index (χ3n) is 2.80. The molecular formula is C11H14ClFN2. The lowest BCUT2D eigenvalue weighted by atomic mass is 10.1. The molecule has 15 heavy (non-hydrogen) atoms. The number of hydrogen-bond donors (Lipinski definition) is 1. The first kappa shape index (κ1) is 10.9. The van der Waals surface area contributed by atoms with Gasteiger partial charge in [0.15, 0.2) is 0 Å². The van der Waals surface area contributed by atoms with Crippen LogP contribution in [0.3, 0.4) is 0 Å². The van der Waals surface area contributed by atoms with Crippen molar-refractivity contribution < 1.29 is 4.39 Å². The van der Waals surface area contributed by atoms with Gasteiger partial charge in [-0.15, -0.1) is 0 Å². The van der Waals surface area contributed by atoms with Crippen molar-refractivity contribution in [3.63, 3.8) is 0 Å². The Morgan fingerprint density at radius 2 is 2.27 bits per heavy atom. The summed E-state index contributed by atoms with van der Waals surface area (Å²) in [5.74, 6) is -0.353. The largest absolute Gasteiger partial charge is 0.314 e. The van der Waals surface area contributed by atoms with Crippen molar-refractivity contribution in [3.05, 3.63) is 34.6 Å². The van der Waals surface area contributed by atoms with E-state index in [1.807, 2.05) is 0 Å². The smallest absolute Gasteiger partial charge is 0.141 e. The molecule has 1 aromatic carbocycles. The third kappa shape index (κ3) is 2.48. The first-order valence-corrected chi connectivity index (χ1v) is 5.39. The molecule has 1 aromatic rings. The molecule has 0 radical (unpaired) electrons. The van der Waals surface area contributed by atoms with Crippen molar-refractivity contribution in [2.24, 2.45) is 0 Å². The van der Waals surface area contributed by atoms with Crippen LogP contribution in [0.15, 0.2) is 18.2 Å². The molecule has 1 heterocycles. The highest BCUT2D eigenvalue weighted by atomic mass is 35.5. The summed E-state index contributed by atoms with van der Waals surface area (Å²) in [6, 6.07) is 5.49. The van der Waals surface area contributed by atoms with Crippen LogP contribution >= 0.6 is 11.6 Å². The predicted molar refractivity (Wildman–Crippen MR) is 59.5 cm³/mol. The molecule has 82 valence electrons. The van der Waals surface area contributed by atoms with Gasteiger partial charge in [0.05, 0.1) is 5.02 Å². The molecule has 0 amide bonds. The molecule has 0 aromatic heterocycles. The van der Waals surface area contributed by atoms with E-state index in [9.17, 15) is 4.39 Å². The van der Waals surface area contributed by atoms with Gasteiger partial charge in [0, 0.05) is 25.7 Å². The Bertz CT molecular complexity index is 352. The highest BCUT2D eigenvalue weighted by Gasteiger charge is 2.21. The summed E-state index contributed by atoms with van der Waals surface area (Å²) in [6.45, 7) is 2.88. The lowest BCUT2D eigenvalue weighted by Gasteiger charge is -2.35. The van der Waals surface area contributed by atoms with Gasteiger partial charge in [0.1, 0.15) is 5.82 Å². The maximum Gasteiger partial charge on any atom is 0.141 e. The molecule has 0 bridgehead atoms. The fraction of sp³-hybridized carbons (Fsp3) is 0.455. The monoisotopic (exact) mass is 228 g/mol. The highest BCUT2D eigenvalue weighted by Crippen LogP contribution is 2.17. The average Bonchev–Trinajstić information content (AvgIpc) is 2.08. The number of halogens is 2. The van der Waals surface area contributed by atoms with Gasteiger partial charge < -0.3 is 5.32 Å². The summed E-state index contributed by atoms with van der Waals surface area (Å²) >= 11 is 5.72. The molecule has 1 N–H and O–H groups in total. The fourth-order valence-electron chi connectivity index (χ4n) is 1.64. The van der Waals surface area contributed by atoms with E-state index in [2.05, 4.69) is 17.3 Å². The molecule has 0 spiro atoms. The number of nitrogens with one attached hydrogen (secondary N) is 1. The second-order valence-electron chi connectivity index (χ2n) is 3.98. The SMILES string of the molecule is CN(Cc1ccc(F)c(Cl)c1)C1CNC1. The first-order valence-electron chi connectivity index (χ1n) is 5.01. The summed E-state index contributed by atoms with van der Waals surface area (Å²) < 4.78 is 12.9. The van der Waals surface area contributed by atoms with Gasteiger partial charge in [-0.3, -0.25) is 4.90 Å². The Kier molecular flexibility index (Phi) is 3.24. The molecule has 1 saturated heterocycles. The standard InChI is InChI=1S/C11H14ClFN2/c1-15(9-5-14-6-9)7-8-2-3-11(13)10(12)4-8/h2-4,9,14H,5-7H2,1H3. The van der Waals surface area contributed by atoms with Crippen LogP contribution in [0.1, 0.15) is 5.56 Å². The van der Waals surface area contributed by atoms with Crippen molar-refractivity contribution in [2.75, 3.05) is 20.1 Å². The Labute approximate surface area is 94.0 Å². The number of nitrogens with zero attached hydrogens (tertiary/aromatic N) is 1. The molecule has 0 aliphatic carbocycles. The molecule has 0 saturated carbocycles. The van der Waals surface area contributed by atoms with E-state index in [0.717, 1.165) is 25.2 Å². The fourth-order valence-corrected chi connectivity index (χ4v) is 1.84. The van der Waals surface area contributed by atoms with Gasteiger partial charge in [0.2, 0.25) is 0 Å². The van der Waals surface area contributed by atoms with Gasteiger partial charge in [0.25, 0.3) is 0 Å². The van der Waals surface area contributed by atoms with Crippen LogP contribution in [0.5, 0.6) is 0 Å². The molecular weight excluding hydrogens is 215 g/mol. The highest BCUT2D eigenvalue weighted by molar-refractivity contribution is 6.30. The van der Waals surface area contributed by atoms with Crippen molar-refractivity contribution in [1.82, 2.24) is 10.2 Å². The van der Waals surface area contributed by atoms with E-state index in [1.165, 1.54) is 6.07 Å². The van der Waals surface area contributed by atoms with Crippen molar-refractivity contribution >= 4 is 11.6 Å². The number of hydrogen-bond acceptors (Lipinski definition) is 2. The van der Waals surface area contributed by atoms with Crippen LogP contribution in [-0.2, 0) is 6.54 Å². The molecule has 2 rings (SSSR count). The zero-order valence-corrected chi connectivity index (χ0v) is 9.39. The van der Waals surface area contributed by atoms with Gasteiger partial charge >= 0.3 is 0 Å². The summed E-state index contributed by atoms with van der Waals surface area (Å²) in [4.78, 5) is 2.25. The second-order valence-corrected chi connectivity index (χ2v) is 4.38. The Morgan fingerprint density at radius 1 is 1.53 bits per heavy atom. The minimum atomic E-state index is -0.353. The summed E-state index contributed by atoms with van der Waals surface area (Å²) in [5, 5.41) is 3.42. The van der Waals surface area contributed by atoms with E-state index >= 15 is 0 Å². The lowest BCUT2D eigenvalue weighted by molar-refractivity contribution is 0.173. The zero-order chi connectivity index (χ0) is 10.8. The minimum Gasteiger partial charge on any atom is -0.314 e. The molecule has 1 fully saturated rings. The van der Waals surface area contributed by atoms with E-state index in [1.54, 1.807) is 12.1 Å². The second kappa shape index (κ2) is 4.47. The summed E-state index contributed by atoms with van der Waals surface area (Å²) in [6.07, 6.45) is 0. The van der Waals surface area contributed by atoms with Gasteiger partial charge in [-0.1, -0.05) is 17.7 Å². The topological polar surface area (TPSA) is 15.3 Å². The lowest BCUT2D eigenvalue weighted by Crippen LogP contribution is -2.55. The van der Waals surface area contributed by atoms with Crippen LogP contribution in [-0.4, -0.2) is 31.1 Å². The average molecular weight is 229 g/mol. The third-order valence-corrected chi connectivity index (χ3v) is 3.09. The molecule has 0 unspecified atom stereocenters. The minimum absolute atomic E-state index is 0.202. The first-order chi connectivity index (χ1) is 7.16. The molecule has 1 aliphatic heterocycles. The van der Waals surface area contributed by atoms with Gasteiger partial charge in [-0.2, -0.15) is 0 Å². The molecule has 4 heteroatoms. The van der Waals surface area contributed by atoms with Crippen LogP contribution in [0.4, 0.5) is 4.39 Å².